The zero-order valence-electron chi connectivity index (χ0n) is 16.0. The van der Waals surface area contributed by atoms with Gasteiger partial charge in [0.1, 0.15) is 5.82 Å². The zero-order chi connectivity index (χ0) is 18.9. The van der Waals surface area contributed by atoms with Crippen LogP contribution in [0.1, 0.15) is 43.2 Å². The number of rotatable bonds is 4. The highest BCUT2D eigenvalue weighted by atomic mass is 15.4. The molecular formula is C21H27N7. The summed E-state index contributed by atoms with van der Waals surface area (Å²) in [6.07, 6.45) is 7.67. The maximum Gasteiger partial charge on any atom is 0.185 e. The normalized spacial score (nSPS) is 18.1. The van der Waals surface area contributed by atoms with Crippen LogP contribution in [0.15, 0.2) is 30.3 Å². The summed E-state index contributed by atoms with van der Waals surface area (Å²) >= 11 is 0. The maximum absolute atomic E-state index is 6.19. The lowest BCUT2D eigenvalue weighted by molar-refractivity contribution is 0.142. The molecule has 3 aromatic rings. The van der Waals surface area contributed by atoms with Gasteiger partial charge in [-0.15, -0.1) is 0 Å². The number of hydrogen-bond acceptors (Lipinski definition) is 6. The Morgan fingerprint density at radius 2 is 1.86 bits per heavy atom. The van der Waals surface area contributed by atoms with Crippen molar-refractivity contribution < 1.29 is 0 Å². The number of anilines is 3. The maximum atomic E-state index is 6.19. The first-order valence-corrected chi connectivity index (χ1v) is 10.3. The Balaban J connectivity index is 1.48. The largest absolute Gasteiger partial charge is 0.384 e. The number of hydrazine groups is 1. The molecule has 0 bridgehead atoms. The van der Waals surface area contributed by atoms with Crippen LogP contribution in [0, 0.1) is 0 Å². The molecule has 5 N–H and O–H groups in total. The standard InChI is InChI=1S/C21H27N7/c22-19-18-16-11-12-28(15-9-5-2-6-10-15)13-17(16)20(23-21(18)27-25-19)26-24-14-7-3-1-4-8-14/h1,3-4,7-8,15,24H,2,5-6,9-13H2,(H4,22,23,25,26,27). The van der Waals surface area contributed by atoms with Gasteiger partial charge in [0.2, 0.25) is 0 Å². The van der Waals surface area contributed by atoms with Crippen molar-refractivity contribution in [3.05, 3.63) is 41.5 Å². The Bertz CT molecular complexity index is 960. The monoisotopic (exact) mass is 377 g/mol. The van der Waals surface area contributed by atoms with Gasteiger partial charge in [0.05, 0.1) is 11.1 Å². The second-order valence-corrected chi connectivity index (χ2v) is 7.88. The fraction of sp³-hybridized carbons (Fsp3) is 0.429. The van der Waals surface area contributed by atoms with Gasteiger partial charge in [-0.25, -0.2) is 4.98 Å². The molecule has 0 radical (unpaired) electrons. The van der Waals surface area contributed by atoms with E-state index < -0.39 is 0 Å². The number of nitrogens with one attached hydrogen (secondary N) is 3. The number of fused-ring (bicyclic) bond motifs is 3. The van der Waals surface area contributed by atoms with Gasteiger partial charge >= 0.3 is 0 Å². The lowest BCUT2D eigenvalue weighted by Gasteiger charge is -2.38. The molecule has 5 rings (SSSR count). The van der Waals surface area contributed by atoms with Crippen LogP contribution in [-0.4, -0.2) is 32.7 Å². The first kappa shape index (κ1) is 17.3. The summed E-state index contributed by atoms with van der Waals surface area (Å²) in [5, 5.41) is 8.20. The SMILES string of the molecule is Nc1[nH]nc2nc(NNc3ccccc3)c3c(c12)CCN(C1CCCCC1)C3. The Hall–Kier alpha value is -2.80. The highest BCUT2D eigenvalue weighted by Crippen LogP contribution is 2.35. The number of aromatic nitrogens is 3. The summed E-state index contributed by atoms with van der Waals surface area (Å²) in [5.74, 6) is 1.46. The third-order valence-corrected chi connectivity index (χ3v) is 6.15. The van der Waals surface area contributed by atoms with Crippen LogP contribution >= 0.6 is 0 Å². The van der Waals surface area contributed by atoms with Crippen LogP contribution in [0.3, 0.4) is 0 Å². The summed E-state index contributed by atoms with van der Waals surface area (Å²) in [6, 6.07) is 10.8. The number of aromatic amines is 1. The molecule has 0 atom stereocenters. The van der Waals surface area contributed by atoms with Crippen LogP contribution in [0.4, 0.5) is 17.3 Å². The van der Waals surface area contributed by atoms with E-state index in [1.165, 1.54) is 43.2 Å². The first-order chi connectivity index (χ1) is 13.8. The van der Waals surface area contributed by atoms with E-state index in [1.807, 2.05) is 30.3 Å². The topological polar surface area (TPSA) is 94.9 Å². The van der Waals surface area contributed by atoms with Crippen LogP contribution < -0.4 is 16.6 Å². The van der Waals surface area contributed by atoms with Gasteiger partial charge in [-0.2, -0.15) is 5.10 Å². The Kier molecular flexibility index (Phi) is 4.52. The minimum absolute atomic E-state index is 0.618. The van der Waals surface area contributed by atoms with Crippen molar-refractivity contribution in [2.75, 3.05) is 23.1 Å². The third-order valence-electron chi connectivity index (χ3n) is 6.15. The summed E-state index contributed by atoms with van der Waals surface area (Å²) in [7, 11) is 0. The van der Waals surface area contributed by atoms with Crippen molar-refractivity contribution in [2.24, 2.45) is 0 Å². The number of para-hydroxylation sites is 1. The molecule has 1 aromatic carbocycles. The number of nitrogens with zero attached hydrogens (tertiary/aromatic N) is 3. The van der Waals surface area contributed by atoms with Crippen molar-refractivity contribution >= 4 is 28.4 Å². The molecular weight excluding hydrogens is 350 g/mol. The van der Waals surface area contributed by atoms with Gasteiger partial charge in [0, 0.05) is 24.7 Å². The number of pyridine rings is 1. The predicted molar refractivity (Wildman–Crippen MR) is 113 cm³/mol. The number of benzene rings is 1. The second-order valence-electron chi connectivity index (χ2n) is 7.88. The fourth-order valence-electron chi connectivity index (χ4n) is 4.69. The van der Waals surface area contributed by atoms with E-state index in [2.05, 4.69) is 25.9 Å². The fourth-order valence-corrected chi connectivity index (χ4v) is 4.69. The molecule has 1 aliphatic heterocycles. The Morgan fingerprint density at radius 3 is 2.68 bits per heavy atom. The molecule has 2 aliphatic rings. The van der Waals surface area contributed by atoms with Gasteiger partial charge in [0.15, 0.2) is 11.5 Å². The molecule has 1 fully saturated rings. The molecule has 146 valence electrons. The van der Waals surface area contributed by atoms with E-state index in [4.69, 9.17) is 10.7 Å². The average molecular weight is 377 g/mol. The van der Waals surface area contributed by atoms with E-state index >= 15 is 0 Å². The zero-order valence-corrected chi connectivity index (χ0v) is 16.0. The lowest BCUT2D eigenvalue weighted by atomic mass is 9.90. The highest BCUT2D eigenvalue weighted by molar-refractivity contribution is 5.92. The summed E-state index contributed by atoms with van der Waals surface area (Å²) in [5.41, 5.74) is 17.0. The van der Waals surface area contributed by atoms with Crippen molar-refractivity contribution in [3.8, 4) is 0 Å². The van der Waals surface area contributed by atoms with Gasteiger partial charge in [-0.1, -0.05) is 37.5 Å². The number of nitrogens with two attached hydrogens (primary N) is 1. The predicted octanol–water partition coefficient (Wildman–Crippen LogP) is 3.67. The van der Waals surface area contributed by atoms with E-state index in [1.54, 1.807) is 0 Å². The highest BCUT2D eigenvalue weighted by Gasteiger charge is 2.29. The quantitative estimate of drug-likeness (QED) is 0.518. The van der Waals surface area contributed by atoms with Crippen LogP contribution in [0.5, 0.6) is 0 Å². The smallest absolute Gasteiger partial charge is 0.185 e. The number of H-pyrrole nitrogens is 1. The average Bonchev–Trinajstić information content (AvgIpc) is 3.13. The lowest BCUT2D eigenvalue weighted by Crippen LogP contribution is -2.40. The summed E-state index contributed by atoms with van der Waals surface area (Å²) in [4.78, 5) is 7.42. The van der Waals surface area contributed by atoms with Gasteiger partial charge < -0.3 is 5.73 Å². The van der Waals surface area contributed by atoms with E-state index in [-0.39, 0.29) is 0 Å². The first-order valence-electron chi connectivity index (χ1n) is 10.3. The number of hydrogen-bond donors (Lipinski definition) is 4. The van der Waals surface area contributed by atoms with E-state index in [0.717, 1.165) is 36.4 Å². The Labute approximate surface area is 164 Å². The van der Waals surface area contributed by atoms with Gasteiger partial charge in [-0.3, -0.25) is 20.9 Å². The molecule has 0 spiro atoms. The molecule has 1 saturated carbocycles. The van der Waals surface area contributed by atoms with Crippen LogP contribution in [0.25, 0.3) is 11.0 Å². The van der Waals surface area contributed by atoms with Crippen molar-refractivity contribution in [3.63, 3.8) is 0 Å². The third kappa shape index (κ3) is 3.16. The molecule has 0 unspecified atom stereocenters. The molecule has 7 nitrogen and oxygen atoms in total. The van der Waals surface area contributed by atoms with Crippen molar-refractivity contribution in [1.29, 1.82) is 0 Å². The Morgan fingerprint density at radius 1 is 1.04 bits per heavy atom. The summed E-state index contributed by atoms with van der Waals surface area (Å²) < 4.78 is 0. The van der Waals surface area contributed by atoms with E-state index in [0.29, 0.717) is 17.5 Å². The minimum Gasteiger partial charge on any atom is -0.384 e. The molecule has 3 heterocycles. The molecule has 2 aromatic heterocycles. The van der Waals surface area contributed by atoms with Gasteiger partial charge in [0.25, 0.3) is 0 Å². The van der Waals surface area contributed by atoms with Crippen LogP contribution in [-0.2, 0) is 13.0 Å². The van der Waals surface area contributed by atoms with Crippen molar-refractivity contribution in [2.45, 2.75) is 51.1 Å². The number of nitrogen functional groups attached to an aromatic ring is 1. The summed E-state index contributed by atoms with van der Waals surface area (Å²) in [6.45, 7) is 1.99. The molecule has 28 heavy (non-hydrogen) atoms. The second kappa shape index (κ2) is 7.31. The molecule has 0 amide bonds. The minimum atomic E-state index is 0.618. The van der Waals surface area contributed by atoms with Gasteiger partial charge in [-0.05, 0) is 37.0 Å². The molecule has 7 heteroatoms. The van der Waals surface area contributed by atoms with E-state index in [9.17, 15) is 0 Å². The van der Waals surface area contributed by atoms with Crippen molar-refractivity contribution in [1.82, 2.24) is 20.1 Å². The molecule has 0 saturated heterocycles. The molecule has 1 aliphatic carbocycles. The van der Waals surface area contributed by atoms with Crippen LogP contribution in [0.2, 0.25) is 0 Å².